The Morgan fingerprint density at radius 3 is 0.767 bits per heavy atom. The highest BCUT2D eigenvalue weighted by atomic mass is 15.4. The van der Waals surface area contributed by atoms with E-state index in [1.807, 2.05) is 0 Å². The number of pyridine rings is 3. The summed E-state index contributed by atoms with van der Waals surface area (Å²) in [4.78, 5) is 32.5. The second-order valence-corrected chi connectivity index (χ2v) is 14.1. The molecular formula is C45H33N15. The number of aromatic nitrogens is 6. The normalized spacial score (nSPS) is 16.7. The first-order chi connectivity index (χ1) is 29.1. The van der Waals surface area contributed by atoms with E-state index in [0.29, 0.717) is 50.9 Å². The van der Waals surface area contributed by atoms with E-state index in [4.69, 9.17) is 15.0 Å². The molecule has 3 aliphatic heterocycles. The van der Waals surface area contributed by atoms with Crippen LogP contribution in [0.1, 0.15) is 76.0 Å². The molecule has 7 rings (SSSR count). The topological polar surface area (TPSA) is 230 Å². The highest BCUT2D eigenvalue weighted by Gasteiger charge is 2.40. The molecule has 0 radical (unpaired) electrons. The van der Waals surface area contributed by atoms with Gasteiger partial charge in [0.2, 0.25) is 17.8 Å². The zero-order valence-corrected chi connectivity index (χ0v) is 33.4. The van der Waals surface area contributed by atoms with Gasteiger partial charge in [-0.05, 0) is 76.4 Å². The van der Waals surface area contributed by atoms with Crippen LogP contribution in [0.4, 0.5) is 17.8 Å². The van der Waals surface area contributed by atoms with Gasteiger partial charge in [-0.25, -0.2) is 0 Å². The summed E-state index contributed by atoms with van der Waals surface area (Å²) in [6.07, 6.45) is 9.69. The molecule has 0 atom stereocenters. The highest BCUT2D eigenvalue weighted by molar-refractivity contribution is 5.71. The molecule has 0 aromatic carbocycles. The third-order valence-electron chi connectivity index (χ3n) is 11.1. The predicted molar refractivity (Wildman–Crippen MR) is 218 cm³/mol. The van der Waals surface area contributed by atoms with Crippen molar-refractivity contribution < 1.29 is 0 Å². The van der Waals surface area contributed by atoms with Gasteiger partial charge in [-0.2, -0.15) is 46.5 Å². The van der Waals surface area contributed by atoms with Crippen molar-refractivity contribution in [1.82, 2.24) is 29.9 Å². The molecule has 0 fully saturated rings. The number of allylic oxidation sites excluding steroid dienone is 12. The van der Waals surface area contributed by atoms with E-state index in [1.165, 1.54) is 0 Å². The maximum absolute atomic E-state index is 10.7. The number of nitriles is 6. The first-order valence-corrected chi connectivity index (χ1v) is 18.6. The molecule has 4 aromatic rings. The number of nitrogens with zero attached hydrogens (tertiary/aromatic N) is 15. The molecule has 15 nitrogen and oxygen atoms in total. The summed E-state index contributed by atoms with van der Waals surface area (Å²) in [6, 6.07) is 24.5. The molecule has 288 valence electrons. The molecule has 0 spiro atoms. The maximum Gasteiger partial charge on any atom is 0.240 e. The summed E-state index contributed by atoms with van der Waals surface area (Å²) in [5.41, 5.74) is 6.13. The van der Waals surface area contributed by atoms with Crippen LogP contribution < -0.4 is 14.7 Å². The molecule has 0 N–H and O–H groups in total. The lowest BCUT2D eigenvalue weighted by atomic mass is 9.81. The Morgan fingerprint density at radius 2 is 0.600 bits per heavy atom. The van der Waals surface area contributed by atoms with Crippen LogP contribution >= 0.6 is 0 Å². The minimum absolute atomic E-state index is 0.00543. The van der Waals surface area contributed by atoms with Crippen LogP contribution in [0.25, 0.3) is 0 Å². The Labute approximate surface area is 346 Å². The fourth-order valence-electron chi connectivity index (χ4n) is 8.22. The second kappa shape index (κ2) is 16.0. The lowest BCUT2D eigenvalue weighted by Gasteiger charge is -2.38. The molecule has 4 aromatic heterocycles. The molecule has 3 aliphatic rings. The molecule has 0 unspecified atom stereocenters. The van der Waals surface area contributed by atoms with Crippen molar-refractivity contribution >= 4 is 17.8 Å². The van der Waals surface area contributed by atoms with Crippen LogP contribution in [0.2, 0.25) is 0 Å². The van der Waals surface area contributed by atoms with Crippen LogP contribution in [0.15, 0.2) is 141 Å². The number of anilines is 3. The summed E-state index contributed by atoms with van der Waals surface area (Å²) in [7, 11) is 0. The fourth-order valence-corrected chi connectivity index (χ4v) is 8.22. The smallest absolute Gasteiger partial charge is 0.240 e. The Balaban J connectivity index is 1.53. The van der Waals surface area contributed by atoms with Crippen molar-refractivity contribution in [2.45, 2.75) is 59.3 Å². The molecule has 0 amide bonds. The molecule has 60 heavy (non-hydrogen) atoms. The van der Waals surface area contributed by atoms with Crippen LogP contribution in [0.5, 0.6) is 0 Å². The average molecular weight is 784 g/mol. The first kappa shape index (κ1) is 39.5. The van der Waals surface area contributed by atoms with Gasteiger partial charge < -0.3 is 0 Å². The lowest BCUT2D eigenvalue weighted by molar-refractivity contribution is 0.793. The van der Waals surface area contributed by atoms with Gasteiger partial charge in [0.15, 0.2) is 0 Å². The second-order valence-electron chi connectivity index (χ2n) is 14.1. The molecule has 0 bridgehead atoms. The fraction of sp³-hybridized carbons (Fsp3) is 0.200. The van der Waals surface area contributed by atoms with Gasteiger partial charge in [0.05, 0.1) is 87.6 Å². The Hall–Kier alpha value is -8.76. The molecule has 0 saturated heterocycles. The van der Waals surface area contributed by atoms with E-state index >= 15 is 0 Å². The Morgan fingerprint density at radius 1 is 0.383 bits per heavy atom. The van der Waals surface area contributed by atoms with Crippen molar-refractivity contribution in [2.75, 3.05) is 14.7 Å². The minimum Gasteiger partial charge on any atom is -0.285 e. The van der Waals surface area contributed by atoms with Crippen LogP contribution in [-0.4, -0.2) is 29.9 Å². The third-order valence-corrected chi connectivity index (χ3v) is 11.1. The maximum atomic E-state index is 10.7. The predicted octanol–water partition coefficient (Wildman–Crippen LogP) is 7.65. The summed E-state index contributed by atoms with van der Waals surface area (Å²) in [5, 5.41) is 64.0. The van der Waals surface area contributed by atoms with E-state index in [1.54, 1.807) is 130 Å². The van der Waals surface area contributed by atoms with Crippen molar-refractivity contribution in [3.8, 4) is 36.4 Å². The van der Waals surface area contributed by atoms with Gasteiger partial charge in [0, 0.05) is 71.4 Å². The van der Waals surface area contributed by atoms with Crippen LogP contribution in [-0.2, 0) is 0 Å². The van der Waals surface area contributed by atoms with Gasteiger partial charge in [-0.15, -0.1) is 0 Å². The van der Waals surface area contributed by atoms with E-state index in [9.17, 15) is 31.6 Å². The standard InChI is InChI=1S/C45H33N15/c1-25-34(16-46)40(31-10-7-13-52-22-31)35(17-47)26(2)58(25)43-55-44(59-27(3)36(18-48)41(37(19-49)28(59)4)32-11-8-14-53-23-32)57-45(56-43)60-29(5)38(20-50)42(39(21-51)30(60)6)33-12-9-15-54-24-33/h7-15,22-24,40-42H,1-6H3. The summed E-state index contributed by atoms with van der Waals surface area (Å²) in [6.45, 7) is 10.4. The molecule has 7 heterocycles. The van der Waals surface area contributed by atoms with E-state index in [-0.39, 0.29) is 51.3 Å². The first-order valence-electron chi connectivity index (χ1n) is 18.6. The highest BCUT2D eigenvalue weighted by Crippen LogP contribution is 2.47. The van der Waals surface area contributed by atoms with Gasteiger partial charge in [-0.1, -0.05) is 18.2 Å². The van der Waals surface area contributed by atoms with Gasteiger partial charge in [0.1, 0.15) is 0 Å². The molecular weight excluding hydrogens is 751 g/mol. The lowest BCUT2D eigenvalue weighted by Crippen LogP contribution is -2.35. The monoisotopic (exact) mass is 783 g/mol. The number of hydrogen-bond donors (Lipinski definition) is 0. The molecule has 0 saturated carbocycles. The third kappa shape index (κ3) is 6.27. The van der Waals surface area contributed by atoms with E-state index in [2.05, 4.69) is 51.4 Å². The van der Waals surface area contributed by atoms with E-state index in [0.717, 1.165) is 0 Å². The number of rotatable bonds is 6. The van der Waals surface area contributed by atoms with Crippen molar-refractivity contribution in [3.63, 3.8) is 0 Å². The number of hydrogen-bond acceptors (Lipinski definition) is 15. The summed E-state index contributed by atoms with van der Waals surface area (Å²) < 4.78 is 0. The van der Waals surface area contributed by atoms with Crippen LogP contribution in [0, 0.1) is 68.0 Å². The Bertz CT molecular complexity index is 2470. The average Bonchev–Trinajstić information content (AvgIpc) is 3.27. The molecule has 0 aliphatic carbocycles. The van der Waals surface area contributed by atoms with Crippen LogP contribution in [0.3, 0.4) is 0 Å². The van der Waals surface area contributed by atoms with Crippen molar-refractivity contribution in [1.29, 1.82) is 31.6 Å². The zero-order chi connectivity index (χ0) is 42.8. The van der Waals surface area contributed by atoms with Gasteiger partial charge in [0.25, 0.3) is 0 Å². The quantitative estimate of drug-likeness (QED) is 0.183. The van der Waals surface area contributed by atoms with Crippen molar-refractivity contribution in [2.24, 2.45) is 0 Å². The van der Waals surface area contributed by atoms with Crippen molar-refractivity contribution in [3.05, 3.63) is 158 Å². The van der Waals surface area contributed by atoms with Gasteiger partial charge in [-0.3, -0.25) is 29.7 Å². The van der Waals surface area contributed by atoms with Gasteiger partial charge >= 0.3 is 0 Å². The summed E-state index contributed by atoms with van der Waals surface area (Å²) in [5.74, 6) is -2.18. The van der Waals surface area contributed by atoms with E-state index < -0.39 is 17.8 Å². The summed E-state index contributed by atoms with van der Waals surface area (Å²) >= 11 is 0. The largest absolute Gasteiger partial charge is 0.285 e. The minimum atomic E-state index is -0.720. The molecule has 15 heteroatoms. The SMILES string of the molecule is CC1=C(C#N)C(c2cccnc2)C(C#N)=C(C)N1c1nc(N2C(C)=C(C#N)C(c3cccnc3)C(C#N)=C2C)nc(N2C(C)=C(C#N)C(c3cccnc3)C(C#N)=C2C)n1. The zero-order valence-electron chi connectivity index (χ0n) is 33.4. The Kier molecular flexibility index (Phi) is 10.5.